The lowest BCUT2D eigenvalue weighted by atomic mass is 9.83. The van der Waals surface area contributed by atoms with Gasteiger partial charge >= 0.3 is 0 Å². The Bertz CT molecular complexity index is 1170. The van der Waals surface area contributed by atoms with E-state index in [1.807, 2.05) is 16.8 Å². The number of fused-ring (bicyclic) bond motifs is 2. The molecule has 3 aromatic rings. The summed E-state index contributed by atoms with van der Waals surface area (Å²) in [5, 5.41) is 6.23. The van der Waals surface area contributed by atoms with Gasteiger partial charge in [-0.1, -0.05) is 0 Å². The zero-order valence-electron chi connectivity index (χ0n) is 18.3. The SMILES string of the molecule is O=C(Cc1cc2cc(-c3cnn4c3CN(CCF)CC4)ncc2cn1)C1CCC(F)(F)CC1. The van der Waals surface area contributed by atoms with Gasteiger partial charge in [-0.25, -0.2) is 13.2 Å². The first-order valence-electron chi connectivity index (χ1n) is 11.4. The lowest BCUT2D eigenvalue weighted by molar-refractivity contribution is -0.126. The van der Waals surface area contributed by atoms with Crippen molar-refractivity contribution in [2.45, 2.75) is 51.1 Å². The van der Waals surface area contributed by atoms with Gasteiger partial charge in [0.1, 0.15) is 12.5 Å². The Labute approximate surface area is 189 Å². The molecule has 1 saturated carbocycles. The molecule has 9 heteroatoms. The normalized spacial score (nSPS) is 19.0. The summed E-state index contributed by atoms with van der Waals surface area (Å²) in [6, 6.07) is 3.83. The molecule has 2 aliphatic rings. The number of Topliss-reactive ketones (excluding diaryl/α,β-unsaturated/α-hetero) is 1. The van der Waals surface area contributed by atoms with Gasteiger partial charge in [-0.15, -0.1) is 0 Å². The van der Waals surface area contributed by atoms with Crippen LogP contribution in [0.4, 0.5) is 13.2 Å². The molecule has 0 N–H and O–H groups in total. The maximum absolute atomic E-state index is 13.4. The van der Waals surface area contributed by atoms with E-state index in [0.29, 0.717) is 25.3 Å². The van der Waals surface area contributed by atoms with E-state index >= 15 is 0 Å². The van der Waals surface area contributed by atoms with E-state index < -0.39 is 5.92 Å². The maximum Gasteiger partial charge on any atom is 0.248 e. The first kappa shape index (κ1) is 22.0. The topological polar surface area (TPSA) is 63.9 Å². The second-order valence-electron chi connectivity index (χ2n) is 9.06. The Kier molecular flexibility index (Phi) is 5.90. The predicted octanol–water partition coefficient (Wildman–Crippen LogP) is 4.22. The molecular formula is C24H26F3N5O. The van der Waals surface area contributed by atoms with Crippen molar-refractivity contribution >= 4 is 16.6 Å². The van der Waals surface area contributed by atoms with E-state index in [9.17, 15) is 18.0 Å². The number of halogens is 3. The predicted molar refractivity (Wildman–Crippen MR) is 118 cm³/mol. The highest BCUT2D eigenvalue weighted by atomic mass is 19.3. The van der Waals surface area contributed by atoms with Gasteiger partial charge in [0, 0.05) is 73.9 Å². The molecule has 6 nitrogen and oxygen atoms in total. The summed E-state index contributed by atoms with van der Waals surface area (Å²) in [6.45, 7) is 2.12. The van der Waals surface area contributed by atoms with Crippen LogP contribution in [-0.2, 0) is 24.3 Å². The molecule has 0 unspecified atom stereocenters. The average molecular weight is 458 g/mol. The van der Waals surface area contributed by atoms with Crippen molar-refractivity contribution in [3.8, 4) is 11.3 Å². The van der Waals surface area contributed by atoms with Gasteiger partial charge in [0.2, 0.25) is 5.92 Å². The monoisotopic (exact) mass is 457 g/mol. The third kappa shape index (κ3) is 4.64. The van der Waals surface area contributed by atoms with Crippen LogP contribution in [-0.4, -0.2) is 56.1 Å². The van der Waals surface area contributed by atoms with Crippen molar-refractivity contribution in [1.82, 2.24) is 24.6 Å². The molecule has 0 atom stereocenters. The smallest absolute Gasteiger partial charge is 0.248 e. The number of carbonyl (C=O) groups excluding carboxylic acids is 1. The molecule has 33 heavy (non-hydrogen) atoms. The lowest BCUT2D eigenvalue weighted by Crippen LogP contribution is -2.35. The highest BCUT2D eigenvalue weighted by Gasteiger charge is 2.37. The van der Waals surface area contributed by atoms with Crippen molar-refractivity contribution in [3.05, 3.63) is 42.1 Å². The third-order valence-electron chi connectivity index (χ3n) is 6.81. The van der Waals surface area contributed by atoms with Crippen molar-refractivity contribution in [1.29, 1.82) is 0 Å². The number of hydrogen-bond acceptors (Lipinski definition) is 5. The van der Waals surface area contributed by atoms with Gasteiger partial charge in [-0.05, 0) is 30.4 Å². The minimum Gasteiger partial charge on any atom is -0.299 e. The minimum atomic E-state index is -2.64. The van der Waals surface area contributed by atoms with Crippen LogP contribution in [0.5, 0.6) is 0 Å². The fourth-order valence-corrected chi connectivity index (χ4v) is 4.83. The summed E-state index contributed by atoms with van der Waals surface area (Å²) in [5.41, 5.74) is 3.33. The molecule has 0 saturated heterocycles. The van der Waals surface area contributed by atoms with Crippen molar-refractivity contribution in [2.75, 3.05) is 19.8 Å². The number of pyridine rings is 2. The molecule has 0 spiro atoms. The highest BCUT2D eigenvalue weighted by molar-refractivity contribution is 5.87. The number of alkyl halides is 3. The van der Waals surface area contributed by atoms with Gasteiger partial charge in [0.25, 0.3) is 0 Å². The molecule has 3 aromatic heterocycles. The summed E-state index contributed by atoms with van der Waals surface area (Å²) < 4.78 is 41.6. The van der Waals surface area contributed by atoms with Crippen molar-refractivity contribution in [3.63, 3.8) is 0 Å². The van der Waals surface area contributed by atoms with E-state index in [-0.39, 0.29) is 50.5 Å². The molecular weight excluding hydrogens is 431 g/mol. The molecule has 0 bridgehead atoms. The van der Waals surface area contributed by atoms with Crippen molar-refractivity contribution in [2.24, 2.45) is 5.92 Å². The fourth-order valence-electron chi connectivity index (χ4n) is 4.83. The second-order valence-corrected chi connectivity index (χ2v) is 9.06. The van der Waals surface area contributed by atoms with E-state index in [1.54, 1.807) is 18.6 Å². The van der Waals surface area contributed by atoms with Crippen LogP contribution in [0.3, 0.4) is 0 Å². The molecule has 0 radical (unpaired) electrons. The first-order chi connectivity index (χ1) is 15.9. The largest absolute Gasteiger partial charge is 0.299 e. The number of ketones is 1. The Balaban J connectivity index is 1.36. The van der Waals surface area contributed by atoms with E-state index in [2.05, 4.69) is 20.0 Å². The highest BCUT2D eigenvalue weighted by Crippen LogP contribution is 2.37. The molecule has 4 heterocycles. The quantitative estimate of drug-likeness (QED) is 0.555. The number of hydrogen-bond donors (Lipinski definition) is 0. The maximum atomic E-state index is 13.4. The van der Waals surface area contributed by atoms with Crippen LogP contribution in [0.1, 0.15) is 37.1 Å². The molecule has 0 amide bonds. The number of aromatic nitrogens is 4. The van der Waals surface area contributed by atoms with Gasteiger partial charge in [-0.2, -0.15) is 5.10 Å². The zero-order chi connectivity index (χ0) is 23.0. The van der Waals surface area contributed by atoms with Gasteiger partial charge in [-0.3, -0.25) is 24.3 Å². The van der Waals surface area contributed by atoms with Gasteiger partial charge in [0.05, 0.1) is 24.1 Å². The van der Waals surface area contributed by atoms with Crippen LogP contribution in [0, 0.1) is 5.92 Å². The summed E-state index contributed by atoms with van der Waals surface area (Å²) in [5.74, 6) is -2.98. The Morgan fingerprint density at radius 3 is 2.64 bits per heavy atom. The molecule has 1 aliphatic carbocycles. The van der Waals surface area contributed by atoms with E-state index in [1.165, 1.54) is 0 Å². The summed E-state index contributed by atoms with van der Waals surface area (Å²) >= 11 is 0. The lowest BCUT2D eigenvalue weighted by Gasteiger charge is -2.27. The third-order valence-corrected chi connectivity index (χ3v) is 6.81. The molecule has 1 aliphatic heterocycles. The van der Waals surface area contributed by atoms with Crippen molar-refractivity contribution < 1.29 is 18.0 Å². The summed E-state index contributed by atoms with van der Waals surface area (Å²) in [7, 11) is 0. The number of carbonyl (C=O) groups is 1. The Morgan fingerprint density at radius 1 is 1.06 bits per heavy atom. The number of nitrogens with zero attached hydrogens (tertiary/aromatic N) is 5. The second kappa shape index (κ2) is 8.85. The van der Waals surface area contributed by atoms with Crippen LogP contribution < -0.4 is 0 Å². The van der Waals surface area contributed by atoms with E-state index in [0.717, 1.165) is 34.3 Å². The number of rotatable bonds is 6. The fraction of sp³-hybridized carbons (Fsp3) is 0.500. The molecule has 1 fully saturated rings. The van der Waals surface area contributed by atoms with Crippen LogP contribution >= 0.6 is 0 Å². The van der Waals surface area contributed by atoms with Crippen LogP contribution in [0.15, 0.2) is 30.7 Å². The Hall–Kier alpha value is -2.81. The molecule has 0 aromatic carbocycles. The standard InChI is InChI=1S/C24H26F3N5O/c25-5-6-31-7-8-32-22(15-31)20(14-30-32)21-10-17-9-19(28-12-18(17)13-29-21)11-23(33)16-1-3-24(26,27)4-2-16/h9-10,12-14,16H,1-8,11,15H2. The average Bonchev–Trinajstić information content (AvgIpc) is 3.22. The summed E-state index contributed by atoms with van der Waals surface area (Å²) in [6.07, 6.45) is 5.42. The zero-order valence-corrected chi connectivity index (χ0v) is 18.3. The van der Waals surface area contributed by atoms with E-state index in [4.69, 9.17) is 0 Å². The molecule has 5 rings (SSSR count). The van der Waals surface area contributed by atoms with Crippen LogP contribution in [0.25, 0.3) is 22.0 Å². The van der Waals surface area contributed by atoms with Gasteiger partial charge in [0.15, 0.2) is 0 Å². The van der Waals surface area contributed by atoms with Gasteiger partial charge < -0.3 is 0 Å². The first-order valence-corrected chi connectivity index (χ1v) is 11.4. The minimum absolute atomic E-state index is 0.0229. The Morgan fingerprint density at radius 2 is 1.85 bits per heavy atom. The summed E-state index contributed by atoms with van der Waals surface area (Å²) in [4.78, 5) is 23.7. The van der Waals surface area contributed by atoms with Crippen LogP contribution in [0.2, 0.25) is 0 Å². The molecule has 174 valence electrons.